The molecule has 0 saturated heterocycles. The molecule has 1 amide bonds. The first-order valence-corrected chi connectivity index (χ1v) is 9.73. The highest BCUT2D eigenvalue weighted by Gasteiger charge is 2.25. The summed E-state index contributed by atoms with van der Waals surface area (Å²) in [5.41, 5.74) is 5.44. The Bertz CT molecular complexity index is 335. The van der Waals surface area contributed by atoms with Crippen molar-refractivity contribution in [1.29, 1.82) is 0 Å². The van der Waals surface area contributed by atoms with Crippen LogP contribution in [0.4, 0.5) is 0 Å². The number of aliphatic carboxylic acids is 1. The lowest BCUT2D eigenvalue weighted by Gasteiger charge is -2.25. The maximum Gasteiger partial charge on any atom is 0.326 e. The predicted molar refractivity (Wildman–Crippen MR) is 98.9 cm³/mol. The standard InChI is InChI=1S/C19H38N2O3/c1-3-4-5-6-7-8-9-10-11-15-18(22)21(2)17(19(23)24)14-12-13-16-20/h17H,3-16,20H2,1-2H3,(H,23,24)/t17-/m0/s1. The number of carboxylic acid groups (broad SMARTS) is 1. The van der Waals surface area contributed by atoms with Crippen LogP contribution in [-0.4, -0.2) is 41.5 Å². The second kappa shape index (κ2) is 15.4. The minimum absolute atomic E-state index is 0.0573. The van der Waals surface area contributed by atoms with Crippen molar-refractivity contribution >= 4 is 11.9 Å². The van der Waals surface area contributed by atoms with E-state index in [9.17, 15) is 14.7 Å². The van der Waals surface area contributed by atoms with Crippen LogP contribution in [0.1, 0.15) is 90.4 Å². The predicted octanol–water partition coefficient (Wildman–Crippen LogP) is 3.95. The highest BCUT2D eigenvalue weighted by atomic mass is 16.4. The molecule has 5 nitrogen and oxygen atoms in total. The molecular formula is C19H38N2O3. The zero-order valence-corrected chi connectivity index (χ0v) is 15.8. The average molecular weight is 343 g/mol. The number of nitrogens with zero attached hydrogens (tertiary/aromatic N) is 1. The summed E-state index contributed by atoms with van der Waals surface area (Å²) in [7, 11) is 1.61. The molecule has 0 unspecified atom stereocenters. The van der Waals surface area contributed by atoms with Crippen molar-refractivity contribution in [1.82, 2.24) is 4.90 Å². The minimum Gasteiger partial charge on any atom is -0.480 e. The molecule has 3 N–H and O–H groups in total. The molecule has 0 aliphatic heterocycles. The van der Waals surface area contributed by atoms with E-state index in [4.69, 9.17) is 5.73 Å². The lowest BCUT2D eigenvalue weighted by molar-refractivity contribution is -0.149. The molecule has 0 radical (unpaired) electrons. The van der Waals surface area contributed by atoms with Crippen LogP contribution < -0.4 is 5.73 Å². The van der Waals surface area contributed by atoms with Gasteiger partial charge >= 0.3 is 5.97 Å². The first kappa shape index (κ1) is 22.9. The highest BCUT2D eigenvalue weighted by molar-refractivity contribution is 5.83. The maximum atomic E-state index is 12.2. The number of carbonyl (C=O) groups is 2. The van der Waals surface area contributed by atoms with Gasteiger partial charge in [0.05, 0.1) is 0 Å². The monoisotopic (exact) mass is 342 g/mol. The van der Waals surface area contributed by atoms with Crippen molar-refractivity contribution in [3.8, 4) is 0 Å². The summed E-state index contributed by atoms with van der Waals surface area (Å²) < 4.78 is 0. The van der Waals surface area contributed by atoms with Gasteiger partial charge in [-0.2, -0.15) is 0 Å². The van der Waals surface area contributed by atoms with Crippen LogP contribution >= 0.6 is 0 Å². The van der Waals surface area contributed by atoms with Crippen molar-refractivity contribution < 1.29 is 14.7 Å². The molecule has 0 aliphatic carbocycles. The van der Waals surface area contributed by atoms with Gasteiger partial charge in [-0.15, -0.1) is 0 Å². The van der Waals surface area contributed by atoms with Crippen molar-refractivity contribution in [3.63, 3.8) is 0 Å². The number of amides is 1. The Morgan fingerprint density at radius 3 is 1.96 bits per heavy atom. The van der Waals surface area contributed by atoms with Crippen molar-refractivity contribution in [2.75, 3.05) is 13.6 Å². The number of likely N-dealkylation sites (N-methyl/N-ethyl adjacent to an activating group) is 1. The van der Waals surface area contributed by atoms with Crippen LogP contribution in [0, 0.1) is 0 Å². The summed E-state index contributed by atoms with van der Waals surface area (Å²) in [6.45, 7) is 2.78. The summed E-state index contributed by atoms with van der Waals surface area (Å²) in [6.07, 6.45) is 13.3. The van der Waals surface area contributed by atoms with Gasteiger partial charge < -0.3 is 15.7 Å². The topological polar surface area (TPSA) is 83.6 Å². The third-order valence-corrected chi connectivity index (χ3v) is 4.57. The van der Waals surface area contributed by atoms with Gasteiger partial charge in [-0.1, -0.05) is 58.3 Å². The van der Waals surface area contributed by atoms with Gasteiger partial charge in [-0.05, 0) is 32.2 Å². The Hall–Kier alpha value is -1.10. The lowest BCUT2D eigenvalue weighted by atomic mass is 10.1. The lowest BCUT2D eigenvalue weighted by Crippen LogP contribution is -2.42. The van der Waals surface area contributed by atoms with Crippen LogP contribution in [0.2, 0.25) is 0 Å². The first-order chi connectivity index (χ1) is 11.5. The summed E-state index contributed by atoms with van der Waals surface area (Å²) in [6, 6.07) is -0.720. The molecule has 0 spiro atoms. The number of hydrogen-bond donors (Lipinski definition) is 2. The molecule has 0 bridgehead atoms. The Morgan fingerprint density at radius 1 is 0.917 bits per heavy atom. The molecule has 0 saturated carbocycles. The van der Waals surface area contributed by atoms with E-state index in [1.165, 1.54) is 49.8 Å². The van der Waals surface area contributed by atoms with Gasteiger partial charge in [0.2, 0.25) is 5.91 Å². The zero-order valence-electron chi connectivity index (χ0n) is 15.8. The van der Waals surface area contributed by atoms with Crippen LogP contribution in [0.3, 0.4) is 0 Å². The van der Waals surface area contributed by atoms with Crippen LogP contribution in [0.5, 0.6) is 0 Å². The number of carboxylic acids is 1. The van der Waals surface area contributed by atoms with Crippen molar-refractivity contribution in [2.24, 2.45) is 5.73 Å². The summed E-state index contributed by atoms with van der Waals surface area (Å²) in [5, 5.41) is 9.30. The minimum atomic E-state index is -0.921. The fraction of sp³-hybridized carbons (Fsp3) is 0.895. The van der Waals surface area contributed by atoms with Crippen molar-refractivity contribution in [3.05, 3.63) is 0 Å². The quantitative estimate of drug-likeness (QED) is 0.416. The SMILES string of the molecule is CCCCCCCCCCCC(=O)N(C)[C@@H](CCCCN)C(=O)O. The van der Waals surface area contributed by atoms with E-state index >= 15 is 0 Å². The van der Waals surface area contributed by atoms with Crippen LogP contribution in [-0.2, 0) is 9.59 Å². The van der Waals surface area contributed by atoms with Gasteiger partial charge in [0, 0.05) is 13.5 Å². The number of unbranched alkanes of at least 4 members (excludes halogenated alkanes) is 9. The fourth-order valence-corrected chi connectivity index (χ4v) is 2.90. The first-order valence-electron chi connectivity index (χ1n) is 9.73. The molecule has 1 atom stereocenters. The Kier molecular flexibility index (Phi) is 14.7. The molecule has 0 aromatic rings. The van der Waals surface area contributed by atoms with E-state index in [-0.39, 0.29) is 5.91 Å². The van der Waals surface area contributed by atoms with E-state index in [1.54, 1.807) is 7.05 Å². The summed E-state index contributed by atoms with van der Waals surface area (Å²) in [4.78, 5) is 24.9. The molecule has 0 heterocycles. The highest BCUT2D eigenvalue weighted by Crippen LogP contribution is 2.13. The maximum absolute atomic E-state index is 12.2. The Balaban J connectivity index is 3.84. The van der Waals surface area contributed by atoms with E-state index in [2.05, 4.69) is 6.92 Å². The number of nitrogens with two attached hydrogens (primary N) is 1. The molecule has 0 aromatic carbocycles. The van der Waals surface area contributed by atoms with E-state index < -0.39 is 12.0 Å². The van der Waals surface area contributed by atoms with Gasteiger partial charge in [-0.3, -0.25) is 4.79 Å². The smallest absolute Gasteiger partial charge is 0.326 e. The van der Waals surface area contributed by atoms with E-state index in [0.717, 1.165) is 25.7 Å². The van der Waals surface area contributed by atoms with Gasteiger partial charge in [0.1, 0.15) is 6.04 Å². The van der Waals surface area contributed by atoms with Gasteiger partial charge in [0.15, 0.2) is 0 Å². The molecule has 0 aliphatic rings. The number of rotatable bonds is 16. The van der Waals surface area contributed by atoms with Crippen molar-refractivity contribution in [2.45, 2.75) is 96.4 Å². The van der Waals surface area contributed by atoms with Crippen LogP contribution in [0.25, 0.3) is 0 Å². The molecule has 24 heavy (non-hydrogen) atoms. The number of hydrogen-bond acceptors (Lipinski definition) is 3. The van der Waals surface area contributed by atoms with Crippen LogP contribution in [0.15, 0.2) is 0 Å². The normalized spacial score (nSPS) is 12.1. The Morgan fingerprint density at radius 2 is 1.46 bits per heavy atom. The average Bonchev–Trinajstić information content (AvgIpc) is 2.56. The zero-order chi connectivity index (χ0) is 18.2. The summed E-state index contributed by atoms with van der Waals surface area (Å²) in [5.74, 6) is -0.979. The van der Waals surface area contributed by atoms with E-state index in [0.29, 0.717) is 19.4 Å². The molecule has 0 aromatic heterocycles. The third kappa shape index (κ3) is 11.4. The molecule has 142 valence electrons. The largest absolute Gasteiger partial charge is 0.480 e. The Labute approximate surface area is 148 Å². The molecular weight excluding hydrogens is 304 g/mol. The molecule has 0 fully saturated rings. The van der Waals surface area contributed by atoms with Gasteiger partial charge in [0.25, 0.3) is 0 Å². The number of carbonyl (C=O) groups excluding carboxylic acids is 1. The van der Waals surface area contributed by atoms with E-state index in [1.807, 2.05) is 0 Å². The third-order valence-electron chi connectivity index (χ3n) is 4.57. The van der Waals surface area contributed by atoms with Gasteiger partial charge in [-0.25, -0.2) is 4.79 Å². The second-order valence-corrected chi connectivity index (χ2v) is 6.72. The molecule has 5 heteroatoms. The summed E-state index contributed by atoms with van der Waals surface area (Å²) >= 11 is 0. The fourth-order valence-electron chi connectivity index (χ4n) is 2.90. The second-order valence-electron chi connectivity index (χ2n) is 6.72. The molecule has 0 rings (SSSR count).